The summed E-state index contributed by atoms with van der Waals surface area (Å²) in [6, 6.07) is 19.2. The number of phenolic OH excluding ortho intramolecular Hbond substituents is 1. The average molecular weight is 897 g/mol. The maximum absolute atomic E-state index is 13.4. The van der Waals surface area contributed by atoms with Crippen LogP contribution in [0, 0.1) is 0 Å². The number of rotatable bonds is 23. The largest absolute Gasteiger partial charge is 0.507 e. The molecule has 0 aliphatic rings. The molecule has 0 radical (unpaired) electrons. The van der Waals surface area contributed by atoms with E-state index in [1.54, 1.807) is 87.4 Å². The minimum Gasteiger partial charge on any atom is -0.507 e. The highest BCUT2D eigenvalue weighted by atomic mass is 32.2. The van der Waals surface area contributed by atoms with Crippen molar-refractivity contribution in [1.29, 1.82) is 0 Å². The summed E-state index contributed by atoms with van der Waals surface area (Å²) in [6.45, 7) is 18.6. The van der Waals surface area contributed by atoms with Crippen molar-refractivity contribution in [2.24, 2.45) is 0 Å². The average Bonchev–Trinajstić information content (AvgIpc) is 3.15. The van der Waals surface area contributed by atoms with E-state index in [0.29, 0.717) is 0 Å². The Morgan fingerprint density at radius 3 is 1.36 bits per heavy atom. The molecule has 61 heavy (non-hydrogen) atoms. The second kappa shape index (κ2) is 25.1. The zero-order valence-corrected chi connectivity index (χ0v) is 38.5. The summed E-state index contributed by atoms with van der Waals surface area (Å²) in [5, 5.41) is 9.87. The molecular weight excluding hydrogens is 833 g/mol. The Hall–Kier alpha value is -4.14. The Morgan fingerprint density at radius 1 is 0.574 bits per heavy atom. The second-order valence-corrected chi connectivity index (χ2v) is 18.6. The number of carbonyl (C=O) groups is 2. The van der Waals surface area contributed by atoms with E-state index in [2.05, 4.69) is 9.44 Å². The Labute approximate surface area is 361 Å². The molecule has 0 unspecified atom stereocenters. The first-order valence-electron chi connectivity index (χ1n) is 20.0. The topological polar surface area (TPSA) is 211 Å². The van der Waals surface area contributed by atoms with Crippen molar-refractivity contribution in [2.45, 2.75) is 134 Å². The van der Waals surface area contributed by atoms with E-state index in [4.69, 9.17) is 33.2 Å². The zero-order valence-electron chi connectivity index (χ0n) is 36.8. The number of phenols is 1. The van der Waals surface area contributed by atoms with Gasteiger partial charge in [-0.05, 0) is 99.1 Å². The Balaban J connectivity index is 0.000000432. The number of benzene rings is 3. The van der Waals surface area contributed by atoms with Crippen molar-refractivity contribution in [3.05, 3.63) is 84.4 Å². The number of hydrogen-bond donors (Lipinski definition) is 3. The van der Waals surface area contributed by atoms with Crippen LogP contribution in [0.25, 0.3) is 0 Å². The monoisotopic (exact) mass is 896 g/mol. The van der Waals surface area contributed by atoms with Crippen molar-refractivity contribution in [1.82, 2.24) is 9.44 Å². The van der Waals surface area contributed by atoms with Crippen LogP contribution in [0.5, 0.6) is 11.5 Å². The van der Waals surface area contributed by atoms with Crippen LogP contribution in [0.15, 0.2) is 88.7 Å². The molecule has 0 bridgehead atoms. The van der Waals surface area contributed by atoms with Crippen molar-refractivity contribution in [3.63, 3.8) is 0 Å². The molecule has 0 amide bonds. The summed E-state index contributed by atoms with van der Waals surface area (Å²) >= 11 is 0. The van der Waals surface area contributed by atoms with Gasteiger partial charge in [0.15, 0.2) is 12.6 Å². The van der Waals surface area contributed by atoms with Crippen LogP contribution in [0.4, 0.5) is 0 Å². The molecule has 2 atom stereocenters. The predicted octanol–water partition coefficient (Wildman–Crippen LogP) is 6.21. The molecule has 0 aromatic heterocycles. The summed E-state index contributed by atoms with van der Waals surface area (Å²) in [7, 11) is -8.24. The van der Waals surface area contributed by atoms with Crippen molar-refractivity contribution in [2.75, 3.05) is 26.4 Å². The molecule has 0 heterocycles. The normalized spacial score (nSPS) is 13.2. The third-order valence-electron chi connectivity index (χ3n) is 7.74. The fourth-order valence-electron chi connectivity index (χ4n) is 5.47. The number of nitrogens with one attached hydrogen (secondary N) is 2. The first kappa shape index (κ1) is 53.0. The van der Waals surface area contributed by atoms with Gasteiger partial charge in [-0.1, -0.05) is 54.6 Å². The molecule has 0 spiro atoms. The lowest BCUT2D eigenvalue weighted by molar-refractivity contribution is -0.169. The third kappa shape index (κ3) is 19.6. The Morgan fingerprint density at radius 2 is 0.951 bits per heavy atom. The van der Waals surface area contributed by atoms with Gasteiger partial charge in [-0.15, -0.1) is 0 Å². The van der Waals surface area contributed by atoms with Crippen molar-refractivity contribution >= 4 is 32.0 Å². The van der Waals surface area contributed by atoms with E-state index in [1.807, 2.05) is 30.3 Å². The van der Waals surface area contributed by atoms with Gasteiger partial charge >= 0.3 is 11.9 Å². The minimum atomic E-state index is -4.13. The molecule has 16 nitrogen and oxygen atoms in total. The standard InChI is InChI=1S/C25H35NO7S.C18H29NO7S/c1-6-30-24(31-7-2)20(17-23(27)33-25(3,4)5)26-34(28,29)22-16-12-11-15-21(22)32-18-19-13-9-8-10-14-19;1-6-24-17(25-7-2)13(12-16(21)26-18(3,4)5)19-27(22,23)15-11-9-8-10-14(15)20/h8-16,20,24,26H,6-7,17-18H2,1-5H3;8-11,13,17,19-20H,6-7,12H2,1-5H3/t20-;13-/m00/s1. The molecule has 3 rings (SSSR count). The molecule has 18 heteroatoms. The number of aromatic hydroxyl groups is 1. The molecule has 0 saturated carbocycles. The van der Waals surface area contributed by atoms with Crippen molar-refractivity contribution in [3.8, 4) is 11.5 Å². The van der Waals surface area contributed by atoms with E-state index >= 15 is 0 Å². The molecule has 3 N–H and O–H groups in total. The Bertz CT molecular complexity index is 1990. The van der Waals surface area contributed by atoms with Crippen LogP contribution >= 0.6 is 0 Å². The number of para-hydroxylation sites is 2. The van der Waals surface area contributed by atoms with Crippen LogP contribution < -0.4 is 14.2 Å². The van der Waals surface area contributed by atoms with E-state index < -0.39 is 73.6 Å². The van der Waals surface area contributed by atoms with Gasteiger partial charge in [0.05, 0.1) is 24.9 Å². The summed E-state index contributed by atoms with van der Waals surface area (Å²) in [5.41, 5.74) is -0.533. The summed E-state index contributed by atoms with van der Waals surface area (Å²) in [5.74, 6) is -1.38. The fourth-order valence-corrected chi connectivity index (χ4v) is 8.16. The molecular formula is C43H64N2O14S2. The van der Waals surface area contributed by atoms with Gasteiger partial charge in [-0.3, -0.25) is 9.59 Å². The second-order valence-electron chi connectivity index (χ2n) is 15.3. The minimum absolute atomic E-state index is 0.0492. The van der Waals surface area contributed by atoms with Crippen LogP contribution in [0.1, 0.15) is 87.6 Å². The molecule has 342 valence electrons. The lowest BCUT2D eigenvalue weighted by atomic mass is 10.1. The quantitative estimate of drug-likeness (QED) is 0.0714. The fraction of sp³-hybridized carbons (Fsp3) is 0.535. The van der Waals surface area contributed by atoms with Gasteiger partial charge in [-0.2, -0.15) is 0 Å². The van der Waals surface area contributed by atoms with Gasteiger partial charge in [0, 0.05) is 26.4 Å². The van der Waals surface area contributed by atoms with Crippen LogP contribution in [-0.2, 0) is 64.7 Å². The molecule has 0 aliphatic heterocycles. The van der Waals surface area contributed by atoms with E-state index in [-0.39, 0.29) is 61.4 Å². The van der Waals surface area contributed by atoms with E-state index in [0.717, 1.165) is 5.56 Å². The first-order chi connectivity index (χ1) is 28.6. The molecule has 0 saturated heterocycles. The molecule has 0 fully saturated rings. The predicted molar refractivity (Wildman–Crippen MR) is 229 cm³/mol. The third-order valence-corrected chi connectivity index (χ3v) is 10.8. The SMILES string of the molecule is CCOC(OCC)[C@H](CC(=O)OC(C)(C)C)NS(=O)(=O)c1ccccc1O.CCOC(OCC)[C@H](CC(=O)OC(C)(C)C)NS(=O)(=O)c1ccccc1OCc1ccccc1. The van der Waals surface area contributed by atoms with Crippen LogP contribution in [-0.4, -0.2) is 96.2 Å². The highest BCUT2D eigenvalue weighted by Gasteiger charge is 2.35. The smallest absolute Gasteiger partial charge is 0.308 e. The maximum Gasteiger partial charge on any atom is 0.308 e. The summed E-state index contributed by atoms with van der Waals surface area (Å²) < 4.78 is 95.8. The number of sulfonamides is 2. The van der Waals surface area contributed by atoms with Crippen molar-refractivity contribution < 1.29 is 64.7 Å². The summed E-state index contributed by atoms with van der Waals surface area (Å²) in [6.07, 6.45) is -2.54. The molecule has 3 aromatic carbocycles. The maximum atomic E-state index is 13.4. The highest BCUT2D eigenvalue weighted by molar-refractivity contribution is 7.90. The number of hydrogen-bond acceptors (Lipinski definition) is 14. The first-order valence-corrected chi connectivity index (χ1v) is 23.0. The number of carbonyl (C=O) groups excluding carboxylic acids is 2. The van der Waals surface area contributed by atoms with Gasteiger partial charge in [0.25, 0.3) is 0 Å². The van der Waals surface area contributed by atoms with Gasteiger partial charge < -0.3 is 38.3 Å². The molecule has 3 aromatic rings. The Kier molecular flexibility index (Phi) is 21.8. The van der Waals surface area contributed by atoms with E-state index in [9.17, 15) is 31.5 Å². The lowest BCUT2D eigenvalue weighted by Crippen LogP contribution is -2.47. The molecule has 0 aliphatic carbocycles. The lowest BCUT2D eigenvalue weighted by Gasteiger charge is -2.28. The zero-order chi connectivity index (χ0) is 45.9. The van der Waals surface area contributed by atoms with Crippen LogP contribution in [0.2, 0.25) is 0 Å². The highest BCUT2D eigenvalue weighted by Crippen LogP contribution is 2.26. The van der Waals surface area contributed by atoms with Gasteiger partial charge in [0.1, 0.15) is 39.1 Å². The van der Waals surface area contributed by atoms with E-state index in [1.165, 1.54) is 30.3 Å². The van der Waals surface area contributed by atoms with Gasteiger partial charge in [0.2, 0.25) is 20.0 Å². The number of ether oxygens (including phenoxy) is 7. The summed E-state index contributed by atoms with van der Waals surface area (Å²) in [4.78, 5) is 24.4. The van der Waals surface area contributed by atoms with Gasteiger partial charge in [-0.25, -0.2) is 26.3 Å². The van der Waals surface area contributed by atoms with Crippen LogP contribution in [0.3, 0.4) is 0 Å². The number of esters is 2.